The van der Waals surface area contributed by atoms with Gasteiger partial charge in [-0.05, 0) is 31.1 Å². The molecule has 0 spiro atoms. The second-order valence-corrected chi connectivity index (χ2v) is 6.64. The van der Waals surface area contributed by atoms with Gasteiger partial charge in [-0.15, -0.1) is 0 Å². The Bertz CT molecular complexity index is 237. The van der Waals surface area contributed by atoms with Crippen LogP contribution in [0.25, 0.3) is 0 Å². The maximum absolute atomic E-state index is 3.76. The molecule has 2 aliphatic rings. The lowest BCUT2D eigenvalue weighted by Crippen LogP contribution is -2.60. The topological polar surface area (TPSA) is 15.3 Å². The van der Waals surface area contributed by atoms with Gasteiger partial charge in [-0.3, -0.25) is 4.90 Å². The first-order valence-corrected chi connectivity index (χ1v) is 7.59. The lowest BCUT2D eigenvalue weighted by Gasteiger charge is -2.45. The predicted octanol–water partition coefficient (Wildman–Crippen LogP) is 3.03. The number of nitrogens with zero attached hydrogens (tertiary/aromatic N) is 1. The molecule has 1 aliphatic heterocycles. The Hall–Kier alpha value is -0.0800. The van der Waals surface area contributed by atoms with Gasteiger partial charge in [-0.1, -0.05) is 33.6 Å². The number of hydrogen-bond acceptors (Lipinski definition) is 2. The summed E-state index contributed by atoms with van der Waals surface area (Å²) in [6.45, 7) is 12.2. The molecule has 0 radical (unpaired) electrons. The fourth-order valence-electron chi connectivity index (χ4n) is 3.83. The summed E-state index contributed by atoms with van der Waals surface area (Å²) in [7, 11) is 0. The van der Waals surface area contributed by atoms with Crippen molar-refractivity contribution < 1.29 is 0 Å². The van der Waals surface area contributed by atoms with Gasteiger partial charge in [0.1, 0.15) is 0 Å². The largest absolute Gasteiger partial charge is 0.309 e. The average Bonchev–Trinajstić information content (AvgIpc) is 2.76. The van der Waals surface area contributed by atoms with Gasteiger partial charge in [0, 0.05) is 31.7 Å². The Balaban J connectivity index is 1.93. The third kappa shape index (κ3) is 3.03. The summed E-state index contributed by atoms with van der Waals surface area (Å²) in [6.07, 6.45) is 8.32. The molecule has 0 aromatic carbocycles. The van der Waals surface area contributed by atoms with E-state index < -0.39 is 0 Å². The molecule has 2 nitrogen and oxygen atoms in total. The first kappa shape index (κ1) is 13.4. The van der Waals surface area contributed by atoms with E-state index in [-0.39, 0.29) is 0 Å². The van der Waals surface area contributed by atoms with Crippen LogP contribution in [0.15, 0.2) is 0 Å². The van der Waals surface area contributed by atoms with Crippen LogP contribution >= 0.6 is 0 Å². The summed E-state index contributed by atoms with van der Waals surface area (Å²) in [5.41, 5.74) is 1.01. The summed E-state index contributed by atoms with van der Waals surface area (Å²) >= 11 is 0. The van der Waals surface area contributed by atoms with Crippen LogP contribution in [0.3, 0.4) is 0 Å². The van der Waals surface area contributed by atoms with Gasteiger partial charge in [0.15, 0.2) is 0 Å². The van der Waals surface area contributed by atoms with Crippen molar-refractivity contribution in [3.8, 4) is 0 Å². The molecule has 0 atom stereocenters. The Labute approximate surface area is 107 Å². The molecule has 1 saturated carbocycles. The number of nitrogens with one attached hydrogen (secondary N) is 1. The van der Waals surface area contributed by atoms with Crippen molar-refractivity contribution in [2.75, 3.05) is 26.2 Å². The Morgan fingerprint density at radius 3 is 2.35 bits per heavy atom. The van der Waals surface area contributed by atoms with E-state index in [0.717, 1.165) is 0 Å². The third-order valence-electron chi connectivity index (χ3n) is 5.22. The number of hydrogen-bond donors (Lipinski definition) is 1. The van der Waals surface area contributed by atoms with Gasteiger partial charge in [0.05, 0.1) is 0 Å². The lowest BCUT2D eigenvalue weighted by molar-refractivity contribution is 0.0836. The van der Waals surface area contributed by atoms with E-state index in [1.54, 1.807) is 0 Å². The van der Waals surface area contributed by atoms with Crippen LogP contribution in [0.4, 0.5) is 0 Å². The molecule has 1 heterocycles. The van der Waals surface area contributed by atoms with E-state index in [4.69, 9.17) is 0 Å². The Morgan fingerprint density at radius 1 is 1.12 bits per heavy atom. The standard InChI is InChI=1S/C15H30N2/c1-4-15(5-2)13-17(11-10-16-15)12-14(3)8-6-7-9-14/h16H,4-13H2,1-3H3. The first-order chi connectivity index (χ1) is 8.11. The molecule has 0 amide bonds. The van der Waals surface area contributed by atoms with Crippen molar-refractivity contribution in [1.29, 1.82) is 0 Å². The molecule has 2 rings (SSSR count). The van der Waals surface area contributed by atoms with Crippen LogP contribution < -0.4 is 5.32 Å². The normalized spacial score (nSPS) is 28.4. The molecular weight excluding hydrogens is 208 g/mol. The molecule has 2 fully saturated rings. The fourth-order valence-corrected chi connectivity index (χ4v) is 3.83. The van der Waals surface area contributed by atoms with Crippen LogP contribution in [0.1, 0.15) is 59.3 Å². The van der Waals surface area contributed by atoms with Crippen molar-refractivity contribution >= 4 is 0 Å². The molecule has 0 aromatic heterocycles. The van der Waals surface area contributed by atoms with E-state index in [1.807, 2.05) is 0 Å². The van der Waals surface area contributed by atoms with Gasteiger partial charge in [-0.25, -0.2) is 0 Å². The van der Waals surface area contributed by atoms with Gasteiger partial charge in [-0.2, -0.15) is 0 Å². The van der Waals surface area contributed by atoms with Crippen molar-refractivity contribution in [3.05, 3.63) is 0 Å². The highest BCUT2D eigenvalue weighted by Gasteiger charge is 2.36. The highest BCUT2D eigenvalue weighted by atomic mass is 15.2. The Kier molecular flexibility index (Phi) is 4.14. The first-order valence-electron chi connectivity index (χ1n) is 7.59. The van der Waals surface area contributed by atoms with Crippen LogP contribution in [-0.2, 0) is 0 Å². The van der Waals surface area contributed by atoms with Crippen molar-refractivity contribution in [3.63, 3.8) is 0 Å². The molecular formula is C15H30N2. The third-order valence-corrected chi connectivity index (χ3v) is 5.22. The summed E-state index contributed by atoms with van der Waals surface area (Å²) in [5, 5.41) is 3.76. The van der Waals surface area contributed by atoms with E-state index in [0.29, 0.717) is 11.0 Å². The highest BCUT2D eigenvalue weighted by molar-refractivity contribution is 4.95. The maximum atomic E-state index is 3.76. The number of rotatable bonds is 4. The average molecular weight is 238 g/mol. The highest BCUT2D eigenvalue weighted by Crippen LogP contribution is 2.38. The molecule has 0 bridgehead atoms. The van der Waals surface area contributed by atoms with Gasteiger partial charge >= 0.3 is 0 Å². The van der Waals surface area contributed by atoms with E-state index in [1.165, 1.54) is 64.7 Å². The van der Waals surface area contributed by atoms with E-state index in [9.17, 15) is 0 Å². The zero-order valence-corrected chi connectivity index (χ0v) is 12.0. The van der Waals surface area contributed by atoms with Crippen LogP contribution in [0.2, 0.25) is 0 Å². The summed E-state index contributed by atoms with van der Waals surface area (Å²) in [5.74, 6) is 0. The van der Waals surface area contributed by atoms with E-state index >= 15 is 0 Å². The van der Waals surface area contributed by atoms with Crippen LogP contribution in [-0.4, -0.2) is 36.6 Å². The fraction of sp³-hybridized carbons (Fsp3) is 1.00. The predicted molar refractivity (Wildman–Crippen MR) is 74.3 cm³/mol. The van der Waals surface area contributed by atoms with Crippen LogP contribution in [0, 0.1) is 5.41 Å². The number of piperazine rings is 1. The summed E-state index contributed by atoms with van der Waals surface area (Å²) < 4.78 is 0. The van der Waals surface area contributed by atoms with Crippen molar-refractivity contribution in [2.24, 2.45) is 5.41 Å². The quantitative estimate of drug-likeness (QED) is 0.810. The van der Waals surface area contributed by atoms with Gasteiger partial charge in [0.2, 0.25) is 0 Å². The molecule has 1 saturated heterocycles. The van der Waals surface area contributed by atoms with Crippen molar-refractivity contribution in [2.45, 2.75) is 64.8 Å². The SMILES string of the molecule is CCC1(CC)CN(CC2(C)CCCC2)CCN1. The monoisotopic (exact) mass is 238 g/mol. The maximum Gasteiger partial charge on any atom is 0.0304 e. The smallest absolute Gasteiger partial charge is 0.0304 e. The second-order valence-electron chi connectivity index (χ2n) is 6.64. The summed E-state index contributed by atoms with van der Waals surface area (Å²) in [6, 6.07) is 0. The molecule has 0 unspecified atom stereocenters. The second kappa shape index (κ2) is 5.27. The molecule has 100 valence electrons. The van der Waals surface area contributed by atoms with Crippen molar-refractivity contribution in [1.82, 2.24) is 10.2 Å². The molecule has 1 aliphatic carbocycles. The summed E-state index contributed by atoms with van der Waals surface area (Å²) in [4.78, 5) is 2.73. The van der Waals surface area contributed by atoms with Gasteiger partial charge < -0.3 is 5.32 Å². The van der Waals surface area contributed by atoms with E-state index in [2.05, 4.69) is 31.0 Å². The Morgan fingerprint density at radius 2 is 1.76 bits per heavy atom. The zero-order chi connectivity index (χ0) is 12.4. The zero-order valence-electron chi connectivity index (χ0n) is 12.0. The minimum Gasteiger partial charge on any atom is -0.309 e. The minimum atomic E-state index is 0.396. The minimum absolute atomic E-state index is 0.396. The molecule has 2 heteroatoms. The van der Waals surface area contributed by atoms with Gasteiger partial charge in [0.25, 0.3) is 0 Å². The molecule has 0 aromatic rings. The lowest BCUT2D eigenvalue weighted by atomic mass is 9.85. The molecule has 17 heavy (non-hydrogen) atoms. The van der Waals surface area contributed by atoms with Crippen LogP contribution in [0.5, 0.6) is 0 Å². The molecule has 1 N–H and O–H groups in total.